The van der Waals surface area contributed by atoms with Gasteiger partial charge in [-0.15, -0.1) is 5.10 Å². The summed E-state index contributed by atoms with van der Waals surface area (Å²) in [4.78, 5) is 5.05. The van der Waals surface area contributed by atoms with Crippen LogP contribution in [-0.4, -0.2) is 55.1 Å². The third-order valence-corrected chi connectivity index (χ3v) is 6.67. The number of benzene rings is 2. The van der Waals surface area contributed by atoms with Crippen molar-refractivity contribution in [2.75, 3.05) is 32.7 Å². The molecule has 0 spiro atoms. The minimum absolute atomic E-state index is 0.706. The molecule has 2 aliphatic rings. The van der Waals surface area contributed by atoms with Gasteiger partial charge in [0.25, 0.3) is 0 Å². The van der Waals surface area contributed by atoms with E-state index in [4.69, 9.17) is 11.6 Å². The molecule has 158 valence electrons. The monoisotopic (exact) mass is 422 g/mol. The van der Waals surface area contributed by atoms with Crippen molar-refractivity contribution in [3.05, 3.63) is 70.2 Å². The first-order valence-electron chi connectivity index (χ1n) is 11.1. The molecule has 0 N–H and O–H groups in total. The summed E-state index contributed by atoms with van der Waals surface area (Å²) in [6.45, 7) is 9.20. The Balaban J connectivity index is 1.32. The van der Waals surface area contributed by atoms with Crippen molar-refractivity contribution in [1.29, 1.82) is 0 Å². The summed E-state index contributed by atoms with van der Waals surface area (Å²) in [6.07, 6.45) is 5.84. The summed E-state index contributed by atoms with van der Waals surface area (Å²) in [5.74, 6) is 1.71. The van der Waals surface area contributed by atoms with Gasteiger partial charge >= 0.3 is 0 Å². The van der Waals surface area contributed by atoms with Crippen LogP contribution in [0.15, 0.2) is 58.7 Å². The van der Waals surface area contributed by atoms with Gasteiger partial charge in [0.2, 0.25) is 0 Å². The number of likely N-dealkylation sites (tertiary alicyclic amines) is 1. The van der Waals surface area contributed by atoms with Crippen molar-refractivity contribution in [2.45, 2.75) is 32.1 Å². The number of rotatable bonds is 6. The van der Waals surface area contributed by atoms with Crippen molar-refractivity contribution in [2.24, 2.45) is 16.1 Å². The fourth-order valence-corrected chi connectivity index (χ4v) is 4.82. The third kappa shape index (κ3) is 5.30. The molecular weight excluding hydrogens is 392 g/mol. The molecule has 0 amide bonds. The van der Waals surface area contributed by atoms with Gasteiger partial charge in [-0.25, -0.2) is 0 Å². The Hall–Kier alpha value is -2.17. The Morgan fingerprint density at radius 2 is 1.77 bits per heavy atom. The lowest BCUT2D eigenvalue weighted by atomic mass is 9.95. The number of aryl methyl sites for hydroxylation is 1. The van der Waals surface area contributed by atoms with Crippen molar-refractivity contribution < 1.29 is 0 Å². The Labute approximate surface area is 185 Å². The Morgan fingerprint density at radius 3 is 2.53 bits per heavy atom. The number of fused-ring (bicyclic) bond motifs is 1. The Kier molecular flexibility index (Phi) is 7.19. The number of hydrogen-bond acceptors (Lipinski definition) is 3. The van der Waals surface area contributed by atoms with E-state index >= 15 is 0 Å². The van der Waals surface area contributed by atoms with Crippen molar-refractivity contribution in [1.82, 2.24) is 9.80 Å². The molecule has 0 atom stereocenters. The second-order valence-electron chi connectivity index (χ2n) is 8.43. The van der Waals surface area contributed by atoms with E-state index in [9.17, 15) is 0 Å². The Bertz CT molecular complexity index is 869. The summed E-state index contributed by atoms with van der Waals surface area (Å²) in [5.41, 5.74) is 3.96. The SMILES string of the molecule is C=N/N=C1/c2ccccc2CCCN1CC1CCN(CCc2ccc(Cl)cc2)CC1. The predicted molar refractivity (Wildman–Crippen MR) is 127 cm³/mol. The molecule has 0 radical (unpaired) electrons. The molecule has 4 rings (SSSR count). The number of amidine groups is 1. The highest BCUT2D eigenvalue weighted by molar-refractivity contribution is 6.30. The molecule has 5 heteroatoms. The van der Waals surface area contributed by atoms with Gasteiger partial charge < -0.3 is 9.80 Å². The minimum atomic E-state index is 0.706. The van der Waals surface area contributed by atoms with Crippen LogP contribution in [-0.2, 0) is 12.8 Å². The largest absolute Gasteiger partial charge is 0.354 e. The molecule has 30 heavy (non-hydrogen) atoms. The fourth-order valence-electron chi connectivity index (χ4n) is 4.70. The van der Waals surface area contributed by atoms with Gasteiger partial charge in [-0.2, -0.15) is 5.10 Å². The van der Waals surface area contributed by atoms with Crippen molar-refractivity contribution in [3.8, 4) is 0 Å². The molecule has 2 heterocycles. The lowest BCUT2D eigenvalue weighted by Crippen LogP contribution is -2.41. The van der Waals surface area contributed by atoms with E-state index in [1.807, 2.05) is 12.1 Å². The quantitative estimate of drug-likeness (QED) is 0.489. The maximum Gasteiger partial charge on any atom is 0.158 e. The van der Waals surface area contributed by atoms with Crippen molar-refractivity contribution >= 4 is 24.2 Å². The zero-order valence-electron chi connectivity index (χ0n) is 17.6. The van der Waals surface area contributed by atoms with Crippen LogP contribution in [0.2, 0.25) is 5.02 Å². The number of piperidine rings is 1. The van der Waals surface area contributed by atoms with Crippen LogP contribution in [0.3, 0.4) is 0 Å². The fraction of sp³-hybridized carbons (Fsp3) is 0.440. The van der Waals surface area contributed by atoms with Crippen molar-refractivity contribution in [3.63, 3.8) is 0 Å². The smallest absolute Gasteiger partial charge is 0.158 e. The second-order valence-corrected chi connectivity index (χ2v) is 8.87. The summed E-state index contributed by atoms with van der Waals surface area (Å²) in [6, 6.07) is 16.9. The van der Waals surface area contributed by atoms with Gasteiger partial charge in [-0.05, 0) is 74.4 Å². The molecule has 0 bridgehead atoms. The third-order valence-electron chi connectivity index (χ3n) is 6.41. The number of nitrogens with zero attached hydrogens (tertiary/aromatic N) is 4. The first kappa shape index (κ1) is 21.1. The summed E-state index contributed by atoms with van der Waals surface area (Å²) in [7, 11) is 0. The van der Waals surface area contributed by atoms with Gasteiger partial charge in [0.15, 0.2) is 5.84 Å². The van der Waals surface area contributed by atoms with Gasteiger partial charge in [-0.1, -0.05) is 48.0 Å². The van der Waals surface area contributed by atoms with Crippen LogP contribution in [0.25, 0.3) is 0 Å². The molecule has 4 nitrogen and oxygen atoms in total. The molecule has 2 aliphatic heterocycles. The van der Waals surface area contributed by atoms with E-state index in [1.54, 1.807) is 0 Å². The molecule has 2 aromatic rings. The molecule has 0 unspecified atom stereocenters. The average molecular weight is 423 g/mol. The molecular formula is C25H31ClN4. The van der Waals surface area contributed by atoms with Gasteiger partial charge in [0.1, 0.15) is 0 Å². The van der Waals surface area contributed by atoms with Crippen LogP contribution >= 0.6 is 11.6 Å². The molecule has 1 fully saturated rings. The van der Waals surface area contributed by atoms with Gasteiger partial charge in [0.05, 0.1) is 0 Å². The summed E-state index contributed by atoms with van der Waals surface area (Å²) >= 11 is 5.99. The maximum atomic E-state index is 5.99. The maximum absolute atomic E-state index is 5.99. The highest BCUT2D eigenvalue weighted by Crippen LogP contribution is 2.24. The molecule has 1 saturated heterocycles. The van der Waals surface area contributed by atoms with E-state index in [1.165, 1.54) is 42.6 Å². The normalized spacial score (nSPS) is 19.5. The van der Waals surface area contributed by atoms with Crippen LogP contribution in [0, 0.1) is 5.92 Å². The zero-order valence-corrected chi connectivity index (χ0v) is 18.4. The van der Waals surface area contributed by atoms with Gasteiger partial charge in [0, 0.05) is 36.9 Å². The van der Waals surface area contributed by atoms with E-state index in [-0.39, 0.29) is 0 Å². The van der Waals surface area contributed by atoms with Crippen LogP contribution in [0.1, 0.15) is 36.0 Å². The van der Waals surface area contributed by atoms with Crippen LogP contribution in [0.5, 0.6) is 0 Å². The van der Waals surface area contributed by atoms with Crippen LogP contribution in [0.4, 0.5) is 0 Å². The van der Waals surface area contributed by atoms with E-state index in [0.717, 1.165) is 49.8 Å². The molecule has 0 aromatic heterocycles. The summed E-state index contributed by atoms with van der Waals surface area (Å²) < 4.78 is 0. The van der Waals surface area contributed by atoms with E-state index in [0.29, 0.717) is 5.92 Å². The van der Waals surface area contributed by atoms with Crippen LogP contribution < -0.4 is 0 Å². The average Bonchev–Trinajstić information content (AvgIpc) is 2.94. The molecule has 0 aliphatic carbocycles. The summed E-state index contributed by atoms with van der Waals surface area (Å²) in [5, 5.41) is 9.16. The first-order valence-corrected chi connectivity index (χ1v) is 11.4. The standard InChI is InChI=1S/C25H31ClN4/c1-27-28-25-24-7-3-2-5-22(24)6-4-15-30(25)19-21-13-17-29(18-14-21)16-12-20-8-10-23(26)11-9-20/h2-3,5,7-11,21H,1,4,6,12-19H2/b28-25-. The lowest BCUT2D eigenvalue weighted by molar-refractivity contribution is 0.167. The second kappa shape index (κ2) is 10.2. The zero-order chi connectivity index (χ0) is 20.8. The first-order chi connectivity index (χ1) is 14.7. The molecule has 0 saturated carbocycles. The van der Waals surface area contributed by atoms with E-state index in [2.05, 4.69) is 63.1 Å². The highest BCUT2D eigenvalue weighted by Gasteiger charge is 2.26. The minimum Gasteiger partial charge on any atom is -0.354 e. The van der Waals surface area contributed by atoms with E-state index < -0.39 is 0 Å². The topological polar surface area (TPSA) is 31.2 Å². The lowest BCUT2D eigenvalue weighted by Gasteiger charge is -2.35. The molecule has 2 aromatic carbocycles. The predicted octanol–water partition coefficient (Wildman–Crippen LogP) is 4.91. The van der Waals surface area contributed by atoms with Gasteiger partial charge in [-0.3, -0.25) is 0 Å². The number of halogens is 1. The Morgan fingerprint density at radius 1 is 1.00 bits per heavy atom. The number of hydrogen-bond donors (Lipinski definition) is 0. The highest BCUT2D eigenvalue weighted by atomic mass is 35.5.